The quantitative estimate of drug-likeness (QED) is 0.739. The van der Waals surface area contributed by atoms with E-state index in [1.807, 2.05) is 0 Å². The van der Waals surface area contributed by atoms with Crippen LogP contribution in [0, 0.1) is 0 Å². The van der Waals surface area contributed by atoms with Crippen molar-refractivity contribution in [3.8, 4) is 5.75 Å². The smallest absolute Gasteiger partial charge is 0.322 e. The standard InChI is InChI=1S/C13H18ClNO4/c1-9(13(17)18-2)15-7-11(16)8-19-12-5-3-10(14)4-6-12/h3-6,9,11,15-16H,7-8H2,1-2H3. The number of carbonyl (C=O) groups excluding carboxylic acids is 1. The lowest BCUT2D eigenvalue weighted by molar-refractivity contribution is -0.142. The maximum absolute atomic E-state index is 11.1. The molecular weight excluding hydrogens is 270 g/mol. The summed E-state index contributed by atoms with van der Waals surface area (Å²) in [5.74, 6) is 0.260. The van der Waals surface area contributed by atoms with Crippen molar-refractivity contribution in [3.63, 3.8) is 0 Å². The summed E-state index contributed by atoms with van der Waals surface area (Å²) in [7, 11) is 1.32. The first-order chi connectivity index (χ1) is 9.02. The first-order valence-electron chi connectivity index (χ1n) is 5.90. The van der Waals surface area contributed by atoms with E-state index in [-0.39, 0.29) is 19.1 Å². The Morgan fingerprint density at radius 3 is 2.63 bits per heavy atom. The normalized spacial score (nSPS) is 13.7. The Kier molecular flexibility index (Phi) is 6.62. The number of hydrogen-bond donors (Lipinski definition) is 2. The predicted molar refractivity (Wildman–Crippen MR) is 72.4 cm³/mol. The van der Waals surface area contributed by atoms with Gasteiger partial charge in [-0.25, -0.2) is 0 Å². The van der Waals surface area contributed by atoms with E-state index in [9.17, 15) is 9.90 Å². The molecule has 2 N–H and O–H groups in total. The molecule has 0 aromatic heterocycles. The average Bonchev–Trinajstić information content (AvgIpc) is 2.43. The highest BCUT2D eigenvalue weighted by Gasteiger charge is 2.14. The molecule has 2 unspecified atom stereocenters. The van der Waals surface area contributed by atoms with E-state index in [2.05, 4.69) is 10.1 Å². The lowest BCUT2D eigenvalue weighted by Crippen LogP contribution is -2.41. The van der Waals surface area contributed by atoms with Crippen LogP contribution in [0.4, 0.5) is 0 Å². The summed E-state index contributed by atoms with van der Waals surface area (Å²) in [6.45, 7) is 2.03. The molecule has 0 heterocycles. The van der Waals surface area contributed by atoms with Crippen LogP contribution in [-0.2, 0) is 9.53 Å². The molecule has 1 rings (SSSR count). The van der Waals surface area contributed by atoms with Gasteiger partial charge in [0.1, 0.15) is 24.5 Å². The summed E-state index contributed by atoms with van der Waals surface area (Å²) in [5, 5.41) is 13.2. The Labute approximate surface area is 117 Å². The van der Waals surface area contributed by atoms with Gasteiger partial charge in [-0.3, -0.25) is 4.79 Å². The minimum Gasteiger partial charge on any atom is -0.491 e. The summed E-state index contributed by atoms with van der Waals surface area (Å²) in [6.07, 6.45) is -0.720. The fraction of sp³-hybridized carbons (Fsp3) is 0.462. The Morgan fingerprint density at radius 2 is 2.05 bits per heavy atom. The van der Waals surface area contributed by atoms with E-state index in [1.165, 1.54) is 7.11 Å². The van der Waals surface area contributed by atoms with E-state index >= 15 is 0 Å². The molecule has 0 aliphatic carbocycles. The third-order valence-corrected chi connectivity index (χ3v) is 2.72. The van der Waals surface area contributed by atoms with Crippen LogP contribution in [0.2, 0.25) is 5.02 Å². The summed E-state index contributed by atoms with van der Waals surface area (Å²) < 4.78 is 9.94. The van der Waals surface area contributed by atoms with Crippen molar-refractivity contribution in [1.29, 1.82) is 0 Å². The number of rotatable bonds is 7. The molecule has 0 radical (unpaired) electrons. The van der Waals surface area contributed by atoms with Gasteiger partial charge >= 0.3 is 5.97 Å². The highest BCUT2D eigenvalue weighted by molar-refractivity contribution is 6.30. The summed E-state index contributed by atoms with van der Waals surface area (Å²) in [4.78, 5) is 11.1. The molecule has 0 bridgehead atoms. The Balaban J connectivity index is 2.26. The minimum absolute atomic E-state index is 0.128. The van der Waals surface area contributed by atoms with Crippen molar-refractivity contribution in [2.45, 2.75) is 19.1 Å². The molecule has 1 aromatic carbocycles. The number of aliphatic hydroxyl groups excluding tert-OH is 1. The third-order valence-electron chi connectivity index (χ3n) is 2.47. The zero-order chi connectivity index (χ0) is 14.3. The monoisotopic (exact) mass is 287 g/mol. The number of benzene rings is 1. The van der Waals surface area contributed by atoms with Gasteiger partial charge in [0.15, 0.2) is 0 Å². The molecule has 19 heavy (non-hydrogen) atoms. The number of halogens is 1. The van der Waals surface area contributed by atoms with Gasteiger partial charge < -0.3 is 19.9 Å². The number of aliphatic hydroxyl groups is 1. The number of carbonyl (C=O) groups is 1. The highest BCUT2D eigenvalue weighted by atomic mass is 35.5. The molecule has 6 heteroatoms. The summed E-state index contributed by atoms with van der Waals surface area (Å²) in [6, 6.07) is 6.40. The Hall–Kier alpha value is -1.30. The van der Waals surface area contributed by atoms with E-state index < -0.39 is 12.1 Å². The zero-order valence-corrected chi connectivity index (χ0v) is 11.7. The molecule has 0 fully saturated rings. The van der Waals surface area contributed by atoms with Crippen LogP contribution >= 0.6 is 11.6 Å². The maximum atomic E-state index is 11.1. The van der Waals surface area contributed by atoms with E-state index in [0.29, 0.717) is 10.8 Å². The number of methoxy groups -OCH3 is 1. The van der Waals surface area contributed by atoms with Crippen LogP contribution in [-0.4, -0.2) is 43.5 Å². The molecular formula is C13H18ClNO4. The number of hydrogen-bond acceptors (Lipinski definition) is 5. The highest BCUT2D eigenvalue weighted by Crippen LogP contribution is 2.15. The average molecular weight is 288 g/mol. The maximum Gasteiger partial charge on any atom is 0.322 e. The Bertz CT molecular complexity index is 396. The molecule has 1 aromatic rings. The van der Waals surface area contributed by atoms with Crippen LogP contribution in [0.15, 0.2) is 24.3 Å². The van der Waals surface area contributed by atoms with Crippen molar-refractivity contribution < 1.29 is 19.4 Å². The van der Waals surface area contributed by atoms with Crippen LogP contribution in [0.5, 0.6) is 5.75 Å². The zero-order valence-electron chi connectivity index (χ0n) is 10.9. The molecule has 0 amide bonds. The second-order valence-corrected chi connectivity index (χ2v) is 4.51. The summed E-state index contributed by atoms with van der Waals surface area (Å²) >= 11 is 5.74. The van der Waals surface area contributed by atoms with E-state index in [0.717, 1.165) is 0 Å². The minimum atomic E-state index is -0.720. The van der Waals surface area contributed by atoms with Crippen molar-refractivity contribution in [3.05, 3.63) is 29.3 Å². The van der Waals surface area contributed by atoms with Crippen LogP contribution in [0.3, 0.4) is 0 Å². The fourth-order valence-corrected chi connectivity index (χ4v) is 1.48. The van der Waals surface area contributed by atoms with Crippen molar-refractivity contribution >= 4 is 17.6 Å². The number of esters is 1. The third kappa shape index (κ3) is 5.92. The van der Waals surface area contributed by atoms with Gasteiger partial charge in [0, 0.05) is 11.6 Å². The summed E-state index contributed by atoms with van der Waals surface area (Å²) in [5.41, 5.74) is 0. The molecule has 0 saturated carbocycles. The molecule has 106 valence electrons. The molecule has 0 spiro atoms. The van der Waals surface area contributed by atoms with E-state index in [1.54, 1.807) is 31.2 Å². The number of nitrogens with one attached hydrogen (secondary N) is 1. The van der Waals surface area contributed by atoms with Gasteiger partial charge in [-0.1, -0.05) is 11.6 Å². The van der Waals surface area contributed by atoms with Gasteiger partial charge in [0.25, 0.3) is 0 Å². The molecule has 0 saturated heterocycles. The van der Waals surface area contributed by atoms with Gasteiger partial charge in [0.05, 0.1) is 7.11 Å². The van der Waals surface area contributed by atoms with Crippen molar-refractivity contribution in [1.82, 2.24) is 5.32 Å². The van der Waals surface area contributed by atoms with Crippen LogP contribution in [0.1, 0.15) is 6.92 Å². The van der Waals surface area contributed by atoms with Crippen LogP contribution < -0.4 is 10.1 Å². The van der Waals surface area contributed by atoms with Gasteiger partial charge in [0.2, 0.25) is 0 Å². The lowest BCUT2D eigenvalue weighted by atomic mass is 10.3. The largest absolute Gasteiger partial charge is 0.491 e. The second kappa shape index (κ2) is 7.99. The van der Waals surface area contributed by atoms with E-state index in [4.69, 9.17) is 16.3 Å². The van der Waals surface area contributed by atoms with Gasteiger partial charge in [-0.05, 0) is 31.2 Å². The first-order valence-corrected chi connectivity index (χ1v) is 6.28. The van der Waals surface area contributed by atoms with Gasteiger partial charge in [-0.2, -0.15) is 0 Å². The second-order valence-electron chi connectivity index (χ2n) is 4.07. The van der Waals surface area contributed by atoms with Crippen molar-refractivity contribution in [2.75, 3.05) is 20.3 Å². The molecule has 0 aliphatic heterocycles. The first kappa shape index (κ1) is 15.8. The van der Waals surface area contributed by atoms with Crippen molar-refractivity contribution in [2.24, 2.45) is 0 Å². The molecule has 2 atom stereocenters. The lowest BCUT2D eigenvalue weighted by Gasteiger charge is -2.16. The SMILES string of the molecule is COC(=O)C(C)NCC(O)COc1ccc(Cl)cc1. The fourth-order valence-electron chi connectivity index (χ4n) is 1.36. The number of ether oxygens (including phenoxy) is 2. The van der Waals surface area contributed by atoms with Gasteiger partial charge in [-0.15, -0.1) is 0 Å². The molecule has 5 nitrogen and oxygen atoms in total. The Morgan fingerprint density at radius 1 is 1.42 bits per heavy atom. The van der Waals surface area contributed by atoms with Crippen LogP contribution in [0.25, 0.3) is 0 Å². The predicted octanol–water partition coefficient (Wildman–Crippen LogP) is 1.23. The topological polar surface area (TPSA) is 67.8 Å². The molecule has 0 aliphatic rings.